The number of carbonyl (C=O) groups excluding carboxylic acids is 1. The Morgan fingerprint density at radius 1 is 1.57 bits per heavy atom. The number of amides is 1. The number of aryl methyl sites for hydroxylation is 1. The first-order valence-electron chi connectivity index (χ1n) is 4.14. The maximum Gasteiger partial charge on any atom is 0.253 e. The molecule has 1 aromatic rings. The van der Waals surface area contributed by atoms with E-state index in [-0.39, 0.29) is 5.56 Å². The van der Waals surface area contributed by atoms with Gasteiger partial charge in [-0.3, -0.25) is 4.79 Å². The van der Waals surface area contributed by atoms with Gasteiger partial charge in [0, 0.05) is 0 Å². The highest BCUT2D eigenvalue weighted by Crippen LogP contribution is 2.21. The van der Waals surface area contributed by atoms with Crippen LogP contribution in [0.5, 0.6) is 0 Å². The van der Waals surface area contributed by atoms with E-state index in [1.165, 1.54) is 19.1 Å². The van der Waals surface area contributed by atoms with Gasteiger partial charge in [-0.05, 0) is 31.0 Å². The number of hydrogen-bond acceptors (Lipinski definition) is 2. The van der Waals surface area contributed by atoms with Crippen LogP contribution < -0.4 is 5.73 Å². The van der Waals surface area contributed by atoms with Gasteiger partial charge in [0.05, 0.1) is 0 Å². The highest BCUT2D eigenvalue weighted by atomic mass is 19.1. The topological polar surface area (TPSA) is 63.3 Å². The lowest BCUT2D eigenvalue weighted by Gasteiger charge is -2.19. The predicted molar refractivity (Wildman–Crippen MR) is 49.9 cm³/mol. The van der Waals surface area contributed by atoms with Gasteiger partial charge in [-0.1, -0.05) is 12.1 Å². The van der Waals surface area contributed by atoms with Crippen LogP contribution in [0.25, 0.3) is 0 Å². The Bertz CT molecular complexity index is 374. The van der Waals surface area contributed by atoms with Crippen molar-refractivity contribution in [1.29, 1.82) is 0 Å². The Kier molecular flexibility index (Phi) is 2.57. The van der Waals surface area contributed by atoms with Gasteiger partial charge < -0.3 is 10.8 Å². The zero-order valence-electron chi connectivity index (χ0n) is 8.04. The van der Waals surface area contributed by atoms with E-state index in [1.54, 1.807) is 6.92 Å². The molecule has 3 N–H and O–H groups in total. The molecule has 0 heterocycles. The standard InChI is InChI=1S/C10H12FNO2/c1-6-3-4-7(5-8(6)11)10(2,14)9(12)13/h3-5,14H,1-2H3,(H2,12,13). The van der Waals surface area contributed by atoms with Crippen LogP contribution >= 0.6 is 0 Å². The first-order chi connectivity index (χ1) is 6.35. The number of aliphatic hydroxyl groups is 1. The number of nitrogens with two attached hydrogens (primary N) is 1. The maximum absolute atomic E-state index is 13.1. The fourth-order valence-corrected chi connectivity index (χ4v) is 1.04. The van der Waals surface area contributed by atoms with Crippen LogP contribution in [0.4, 0.5) is 4.39 Å². The van der Waals surface area contributed by atoms with E-state index in [0.717, 1.165) is 6.07 Å². The van der Waals surface area contributed by atoms with E-state index in [9.17, 15) is 14.3 Å². The number of benzene rings is 1. The third-order valence-corrected chi connectivity index (χ3v) is 2.21. The van der Waals surface area contributed by atoms with Crippen molar-refractivity contribution in [3.63, 3.8) is 0 Å². The molecule has 1 atom stereocenters. The molecule has 0 fully saturated rings. The molecule has 4 heteroatoms. The molecular formula is C10H12FNO2. The Morgan fingerprint density at radius 2 is 2.14 bits per heavy atom. The Labute approximate surface area is 81.4 Å². The van der Waals surface area contributed by atoms with Gasteiger partial charge in [0.25, 0.3) is 5.91 Å². The first kappa shape index (κ1) is 10.7. The van der Waals surface area contributed by atoms with E-state index >= 15 is 0 Å². The summed E-state index contributed by atoms with van der Waals surface area (Å²) in [6, 6.07) is 4.07. The van der Waals surface area contributed by atoms with Crippen molar-refractivity contribution in [3.8, 4) is 0 Å². The van der Waals surface area contributed by atoms with Gasteiger partial charge in [-0.15, -0.1) is 0 Å². The summed E-state index contributed by atoms with van der Waals surface area (Å²) in [5.74, 6) is -1.37. The Morgan fingerprint density at radius 3 is 2.57 bits per heavy atom. The van der Waals surface area contributed by atoms with Gasteiger partial charge in [0.15, 0.2) is 5.60 Å². The molecule has 0 aliphatic carbocycles. The zero-order chi connectivity index (χ0) is 10.9. The van der Waals surface area contributed by atoms with Crippen LogP contribution in [0, 0.1) is 12.7 Å². The van der Waals surface area contributed by atoms with E-state index < -0.39 is 17.3 Å². The van der Waals surface area contributed by atoms with Crippen molar-refractivity contribution in [3.05, 3.63) is 35.1 Å². The molecule has 1 aromatic carbocycles. The fraction of sp³-hybridized carbons (Fsp3) is 0.300. The number of halogens is 1. The molecule has 1 amide bonds. The molecule has 1 unspecified atom stereocenters. The lowest BCUT2D eigenvalue weighted by molar-refractivity contribution is -0.135. The molecule has 3 nitrogen and oxygen atoms in total. The van der Waals surface area contributed by atoms with Gasteiger partial charge in [-0.25, -0.2) is 4.39 Å². The highest BCUT2D eigenvalue weighted by molar-refractivity contribution is 5.84. The second kappa shape index (κ2) is 3.38. The Hall–Kier alpha value is -1.42. The monoisotopic (exact) mass is 197 g/mol. The van der Waals surface area contributed by atoms with Crippen molar-refractivity contribution in [2.24, 2.45) is 5.73 Å². The minimum Gasteiger partial charge on any atom is -0.376 e. The lowest BCUT2D eigenvalue weighted by Crippen LogP contribution is -2.38. The smallest absolute Gasteiger partial charge is 0.253 e. The van der Waals surface area contributed by atoms with Crippen molar-refractivity contribution >= 4 is 5.91 Å². The van der Waals surface area contributed by atoms with Crippen molar-refractivity contribution in [2.75, 3.05) is 0 Å². The minimum atomic E-state index is -1.82. The SMILES string of the molecule is Cc1ccc(C(C)(O)C(N)=O)cc1F. The normalized spacial score (nSPS) is 14.9. The average Bonchev–Trinajstić information content (AvgIpc) is 2.09. The molecule has 76 valence electrons. The quantitative estimate of drug-likeness (QED) is 0.737. The first-order valence-corrected chi connectivity index (χ1v) is 4.14. The Balaban J connectivity index is 3.21. The molecule has 0 saturated carbocycles. The van der Waals surface area contributed by atoms with Crippen LogP contribution in [-0.2, 0) is 10.4 Å². The molecule has 1 rings (SSSR count). The van der Waals surface area contributed by atoms with E-state index in [0.29, 0.717) is 5.56 Å². The van der Waals surface area contributed by atoms with E-state index in [1.807, 2.05) is 0 Å². The fourth-order valence-electron chi connectivity index (χ4n) is 1.04. The summed E-state index contributed by atoms with van der Waals surface area (Å²) in [4.78, 5) is 10.9. The van der Waals surface area contributed by atoms with Crippen LogP contribution in [0.1, 0.15) is 18.1 Å². The molecule has 0 spiro atoms. The van der Waals surface area contributed by atoms with Gasteiger partial charge in [0.1, 0.15) is 5.82 Å². The molecule has 0 aliphatic heterocycles. The lowest BCUT2D eigenvalue weighted by atomic mass is 9.94. The average molecular weight is 197 g/mol. The molecular weight excluding hydrogens is 185 g/mol. The minimum absolute atomic E-state index is 0.160. The highest BCUT2D eigenvalue weighted by Gasteiger charge is 2.30. The van der Waals surface area contributed by atoms with Crippen molar-refractivity contribution < 1.29 is 14.3 Å². The van der Waals surface area contributed by atoms with Crippen LogP contribution in [0.3, 0.4) is 0 Å². The molecule has 0 aromatic heterocycles. The molecule has 0 bridgehead atoms. The summed E-state index contributed by atoms with van der Waals surface area (Å²) in [5.41, 5.74) is 3.77. The number of primary amides is 1. The summed E-state index contributed by atoms with van der Waals surface area (Å²) in [6.07, 6.45) is 0. The third kappa shape index (κ3) is 1.75. The van der Waals surface area contributed by atoms with Gasteiger partial charge >= 0.3 is 0 Å². The molecule has 0 radical (unpaired) electrons. The summed E-state index contributed by atoms with van der Waals surface area (Å²) in [5, 5.41) is 9.64. The predicted octanol–water partition coefficient (Wildman–Crippen LogP) is 0.827. The van der Waals surface area contributed by atoms with Crippen LogP contribution in [0.15, 0.2) is 18.2 Å². The molecule has 14 heavy (non-hydrogen) atoms. The van der Waals surface area contributed by atoms with Crippen LogP contribution in [-0.4, -0.2) is 11.0 Å². The zero-order valence-corrected chi connectivity index (χ0v) is 8.04. The molecule has 0 aliphatic rings. The summed E-state index contributed by atoms with van der Waals surface area (Å²) >= 11 is 0. The van der Waals surface area contributed by atoms with E-state index in [4.69, 9.17) is 5.73 Å². The van der Waals surface area contributed by atoms with E-state index in [2.05, 4.69) is 0 Å². The number of hydrogen-bond donors (Lipinski definition) is 2. The van der Waals surface area contributed by atoms with Crippen molar-refractivity contribution in [1.82, 2.24) is 0 Å². The van der Waals surface area contributed by atoms with Gasteiger partial charge in [-0.2, -0.15) is 0 Å². The van der Waals surface area contributed by atoms with Crippen molar-refractivity contribution in [2.45, 2.75) is 19.4 Å². The second-order valence-corrected chi connectivity index (χ2v) is 3.40. The second-order valence-electron chi connectivity index (χ2n) is 3.40. The van der Waals surface area contributed by atoms with Gasteiger partial charge in [0.2, 0.25) is 0 Å². The number of carbonyl (C=O) groups is 1. The van der Waals surface area contributed by atoms with Crippen LogP contribution in [0.2, 0.25) is 0 Å². The molecule has 0 saturated heterocycles. The third-order valence-electron chi connectivity index (χ3n) is 2.21. The largest absolute Gasteiger partial charge is 0.376 e. The maximum atomic E-state index is 13.1. The summed E-state index contributed by atoms with van der Waals surface area (Å²) in [6.45, 7) is 2.83. The number of rotatable bonds is 2. The summed E-state index contributed by atoms with van der Waals surface area (Å²) < 4.78 is 13.1. The summed E-state index contributed by atoms with van der Waals surface area (Å²) in [7, 11) is 0.